The summed E-state index contributed by atoms with van der Waals surface area (Å²) in [6.45, 7) is 8.18. The quantitative estimate of drug-likeness (QED) is 0.862. The van der Waals surface area contributed by atoms with Gasteiger partial charge >= 0.3 is 0 Å². The van der Waals surface area contributed by atoms with Crippen LogP contribution in [0.1, 0.15) is 39.1 Å². The number of hydrogen-bond acceptors (Lipinski definition) is 4. The zero-order valence-electron chi connectivity index (χ0n) is 10.3. The Morgan fingerprint density at radius 3 is 2.62 bits per heavy atom. The second kappa shape index (κ2) is 5.94. The topological polar surface area (TPSA) is 54.9 Å². The molecule has 5 heteroatoms. The summed E-state index contributed by atoms with van der Waals surface area (Å²) in [5.41, 5.74) is 0. The minimum Gasteiger partial charge on any atom is -0.300 e. The largest absolute Gasteiger partial charge is 0.300 e. The van der Waals surface area contributed by atoms with Gasteiger partial charge in [-0.15, -0.1) is 10.2 Å². The molecule has 1 aromatic heterocycles. The molecule has 0 radical (unpaired) electrons. The molecule has 90 valence electrons. The molecule has 0 aliphatic rings. The molecule has 1 heterocycles. The van der Waals surface area contributed by atoms with Gasteiger partial charge in [-0.3, -0.25) is 4.79 Å². The standard InChI is InChI=1S/C11H19N3OS/c1-5-8(4)10(15)12-11-14-13-9(16-11)6-7(2)3/h7-8H,5-6H2,1-4H3,(H,12,14,15)/t8-/m0/s1. The fraction of sp³-hybridized carbons (Fsp3) is 0.727. The smallest absolute Gasteiger partial charge is 0.229 e. The second-order valence-corrected chi connectivity index (χ2v) is 5.46. The van der Waals surface area contributed by atoms with E-state index in [2.05, 4.69) is 29.4 Å². The number of carbonyl (C=O) groups excluding carboxylic acids is 1. The van der Waals surface area contributed by atoms with Gasteiger partial charge in [-0.05, 0) is 12.3 Å². The molecule has 1 amide bonds. The van der Waals surface area contributed by atoms with E-state index in [0.29, 0.717) is 11.0 Å². The van der Waals surface area contributed by atoms with Gasteiger partial charge in [0.2, 0.25) is 11.0 Å². The Morgan fingerprint density at radius 2 is 2.06 bits per heavy atom. The van der Waals surface area contributed by atoms with Crippen LogP contribution < -0.4 is 5.32 Å². The summed E-state index contributed by atoms with van der Waals surface area (Å²) in [5, 5.41) is 12.4. The van der Waals surface area contributed by atoms with E-state index in [1.54, 1.807) is 0 Å². The molecule has 0 aliphatic heterocycles. The Bertz CT molecular complexity index is 349. The van der Waals surface area contributed by atoms with Crippen LogP contribution in [0.3, 0.4) is 0 Å². The molecule has 4 nitrogen and oxygen atoms in total. The second-order valence-electron chi connectivity index (χ2n) is 4.40. The number of anilines is 1. The minimum absolute atomic E-state index is 0.0229. The van der Waals surface area contributed by atoms with Crippen LogP contribution >= 0.6 is 11.3 Å². The van der Waals surface area contributed by atoms with Crippen LogP contribution in [-0.2, 0) is 11.2 Å². The Morgan fingerprint density at radius 1 is 1.38 bits per heavy atom. The summed E-state index contributed by atoms with van der Waals surface area (Å²) in [6, 6.07) is 0. The molecule has 0 unspecified atom stereocenters. The number of rotatable bonds is 5. The maximum atomic E-state index is 11.6. The number of carbonyl (C=O) groups is 1. The van der Waals surface area contributed by atoms with E-state index >= 15 is 0 Å². The molecular weight excluding hydrogens is 222 g/mol. The Labute approximate surface area is 100 Å². The zero-order chi connectivity index (χ0) is 12.1. The van der Waals surface area contributed by atoms with E-state index < -0.39 is 0 Å². The predicted octanol–water partition coefficient (Wildman–Crippen LogP) is 2.72. The molecule has 1 atom stereocenters. The first-order valence-electron chi connectivity index (χ1n) is 5.66. The summed E-state index contributed by atoms with van der Waals surface area (Å²) in [4.78, 5) is 11.6. The Hall–Kier alpha value is -0.970. The highest BCUT2D eigenvalue weighted by atomic mass is 32.1. The van der Waals surface area contributed by atoms with Crippen LogP contribution in [0.2, 0.25) is 0 Å². The molecular formula is C11H19N3OS. The lowest BCUT2D eigenvalue weighted by atomic mass is 10.1. The zero-order valence-corrected chi connectivity index (χ0v) is 11.1. The lowest BCUT2D eigenvalue weighted by molar-refractivity contribution is -0.119. The van der Waals surface area contributed by atoms with Crippen molar-refractivity contribution in [1.29, 1.82) is 0 Å². The third-order valence-corrected chi connectivity index (χ3v) is 3.20. The van der Waals surface area contributed by atoms with Gasteiger partial charge in [0.05, 0.1) is 0 Å². The fourth-order valence-electron chi connectivity index (χ4n) is 1.15. The minimum atomic E-state index is 0.0229. The first-order chi connectivity index (χ1) is 7.52. The molecule has 0 fully saturated rings. The highest BCUT2D eigenvalue weighted by Gasteiger charge is 2.13. The number of nitrogens with one attached hydrogen (secondary N) is 1. The van der Waals surface area contributed by atoms with Crippen molar-refractivity contribution in [3.63, 3.8) is 0 Å². The molecule has 16 heavy (non-hydrogen) atoms. The van der Waals surface area contributed by atoms with Gasteiger partial charge in [0.25, 0.3) is 0 Å². The fourth-order valence-corrected chi connectivity index (χ4v) is 2.10. The molecule has 0 saturated carbocycles. The third-order valence-electron chi connectivity index (χ3n) is 2.34. The van der Waals surface area contributed by atoms with Crippen molar-refractivity contribution in [2.75, 3.05) is 5.32 Å². The number of aromatic nitrogens is 2. The molecule has 1 aromatic rings. The molecule has 1 N–H and O–H groups in total. The monoisotopic (exact) mass is 241 g/mol. The summed E-state index contributed by atoms with van der Waals surface area (Å²) in [7, 11) is 0. The lowest BCUT2D eigenvalue weighted by Gasteiger charge is -2.06. The van der Waals surface area contributed by atoms with Gasteiger partial charge < -0.3 is 5.32 Å². The van der Waals surface area contributed by atoms with Crippen LogP contribution in [0, 0.1) is 11.8 Å². The van der Waals surface area contributed by atoms with Crippen LogP contribution in [0.15, 0.2) is 0 Å². The molecule has 0 bridgehead atoms. The Kier molecular flexibility index (Phi) is 4.86. The predicted molar refractivity (Wildman–Crippen MR) is 66.5 cm³/mol. The van der Waals surface area contributed by atoms with Crippen molar-refractivity contribution in [2.24, 2.45) is 11.8 Å². The average molecular weight is 241 g/mol. The first-order valence-corrected chi connectivity index (χ1v) is 6.47. The van der Waals surface area contributed by atoms with Gasteiger partial charge in [0.1, 0.15) is 5.01 Å². The summed E-state index contributed by atoms with van der Waals surface area (Å²) in [6.07, 6.45) is 1.75. The van der Waals surface area contributed by atoms with Crippen molar-refractivity contribution in [1.82, 2.24) is 10.2 Å². The first kappa shape index (κ1) is 13.1. The molecule has 0 aromatic carbocycles. The van der Waals surface area contributed by atoms with Crippen LogP contribution in [0.4, 0.5) is 5.13 Å². The summed E-state index contributed by atoms with van der Waals surface area (Å²) >= 11 is 1.46. The average Bonchev–Trinajstić information content (AvgIpc) is 2.63. The molecule has 0 spiro atoms. The van der Waals surface area contributed by atoms with E-state index in [1.807, 2.05) is 13.8 Å². The van der Waals surface area contributed by atoms with E-state index in [9.17, 15) is 4.79 Å². The maximum Gasteiger partial charge on any atom is 0.229 e. The normalized spacial score (nSPS) is 12.8. The van der Waals surface area contributed by atoms with Crippen molar-refractivity contribution in [2.45, 2.75) is 40.5 Å². The van der Waals surface area contributed by atoms with Crippen LogP contribution in [0.5, 0.6) is 0 Å². The van der Waals surface area contributed by atoms with Gasteiger partial charge in [0.15, 0.2) is 0 Å². The van der Waals surface area contributed by atoms with E-state index in [-0.39, 0.29) is 11.8 Å². The number of nitrogens with zero attached hydrogens (tertiary/aromatic N) is 2. The SMILES string of the molecule is CC[C@H](C)C(=O)Nc1nnc(CC(C)C)s1. The van der Waals surface area contributed by atoms with Crippen molar-refractivity contribution in [3.05, 3.63) is 5.01 Å². The number of hydrogen-bond donors (Lipinski definition) is 1. The third kappa shape index (κ3) is 3.89. The van der Waals surface area contributed by atoms with Gasteiger partial charge in [-0.2, -0.15) is 0 Å². The number of amides is 1. The van der Waals surface area contributed by atoms with Gasteiger partial charge in [-0.1, -0.05) is 39.0 Å². The maximum absolute atomic E-state index is 11.6. The Balaban J connectivity index is 2.55. The van der Waals surface area contributed by atoms with E-state index in [0.717, 1.165) is 17.8 Å². The summed E-state index contributed by atoms with van der Waals surface area (Å²) in [5.74, 6) is 0.610. The highest BCUT2D eigenvalue weighted by Crippen LogP contribution is 2.19. The molecule has 1 rings (SSSR count). The van der Waals surface area contributed by atoms with Crippen molar-refractivity contribution >= 4 is 22.4 Å². The summed E-state index contributed by atoms with van der Waals surface area (Å²) < 4.78 is 0. The van der Waals surface area contributed by atoms with E-state index in [4.69, 9.17) is 0 Å². The van der Waals surface area contributed by atoms with E-state index in [1.165, 1.54) is 11.3 Å². The van der Waals surface area contributed by atoms with Crippen molar-refractivity contribution < 1.29 is 4.79 Å². The molecule has 0 aliphatic carbocycles. The van der Waals surface area contributed by atoms with Gasteiger partial charge in [-0.25, -0.2) is 0 Å². The van der Waals surface area contributed by atoms with Crippen LogP contribution in [-0.4, -0.2) is 16.1 Å². The highest BCUT2D eigenvalue weighted by molar-refractivity contribution is 7.15. The van der Waals surface area contributed by atoms with Crippen LogP contribution in [0.25, 0.3) is 0 Å². The lowest BCUT2D eigenvalue weighted by Crippen LogP contribution is -2.19. The molecule has 0 saturated heterocycles. The van der Waals surface area contributed by atoms with Gasteiger partial charge in [0, 0.05) is 12.3 Å². The van der Waals surface area contributed by atoms with Crippen molar-refractivity contribution in [3.8, 4) is 0 Å².